The molecule has 1 atom stereocenters. The molecule has 0 saturated carbocycles. The number of likely N-dealkylation sites (tertiary alicyclic amines) is 1. The van der Waals surface area contributed by atoms with Crippen molar-refractivity contribution >= 4 is 16.6 Å². The van der Waals surface area contributed by atoms with Crippen LogP contribution < -0.4 is 5.32 Å². The summed E-state index contributed by atoms with van der Waals surface area (Å²) in [6.45, 7) is 17.3. The molecule has 4 rings (SSSR count). The van der Waals surface area contributed by atoms with Crippen molar-refractivity contribution in [3.63, 3.8) is 0 Å². The molecule has 1 saturated heterocycles. The third-order valence-corrected chi connectivity index (χ3v) is 6.00. The highest BCUT2D eigenvalue weighted by Crippen LogP contribution is 2.35. The molecule has 5 nitrogen and oxygen atoms in total. The van der Waals surface area contributed by atoms with Gasteiger partial charge in [0.25, 0.3) is 0 Å². The van der Waals surface area contributed by atoms with Gasteiger partial charge in [-0.25, -0.2) is 0 Å². The molecule has 3 heterocycles. The van der Waals surface area contributed by atoms with Gasteiger partial charge in [0.1, 0.15) is 0 Å². The number of rotatable bonds is 6. The Morgan fingerprint density at radius 1 is 1.23 bits per heavy atom. The summed E-state index contributed by atoms with van der Waals surface area (Å²) < 4.78 is 1.82. The molecule has 1 aliphatic heterocycles. The summed E-state index contributed by atoms with van der Waals surface area (Å²) in [6.07, 6.45) is 6.94. The number of aromatic nitrogens is 3. The van der Waals surface area contributed by atoms with E-state index in [4.69, 9.17) is 0 Å². The molecule has 5 heteroatoms. The lowest BCUT2D eigenvalue weighted by atomic mass is 9.91. The first-order valence-electron chi connectivity index (χ1n) is 10.5. The smallest absolute Gasteiger partial charge is 0.0709 e. The molecule has 0 amide bonds. The van der Waals surface area contributed by atoms with Crippen LogP contribution in [-0.4, -0.2) is 38.8 Å². The van der Waals surface area contributed by atoms with Crippen molar-refractivity contribution in [3.05, 3.63) is 67.3 Å². The first kappa shape index (κ1) is 20.2. The summed E-state index contributed by atoms with van der Waals surface area (Å²) >= 11 is 0. The average Bonchev–Trinajstić information content (AvgIpc) is 3.26. The zero-order valence-electron chi connectivity index (χ0n) is 18.4. The van der Waals surface area contributed by atoms with Gasteiger partial charge in [-0.15, -0.1) is 0 Å². The van der Waals surface area contributed by atoms with E-state index in [9.17, 15) is 0 Å². The predicted octanol–water partition coefficient (Wildman–Crippen LogP) is 4.83. The molecule has 1 fully saturated rings. The fraction of sp³-hybridized carbons (Fsp3) is 0.360. The van der Waals surface area contributed by atoms with Crippen LogP contribution >= 0.6 is 0 Å². The zero-order valence-corrected chi connectivity index (χ0v) is 18.4. The highest BCUT2D eigenvalue weighted by Gasteiger charge is 2.35. The van der Waals surface area contributed by atoms with Crippen molar-refractivity contribution in [2.45, 2.75) is 33.2 Å². The van der Waals surface area contributed by atoms with Gasteiger partial charge >= 0.3 is 0 Å². The first-order valence-corrected chi connectivity index (χ1v) is 10.5. The molecule has 1 N–H and O–H groups in total. The van der Waals surface area contributed by atoms with Gasteiger partial charge in [0, 0.05) is 59.9 Å². The molecule has 1 aliphatic rings. The monoisotopic (exact) mass is 401 g/mol. The van der Waals surface area contributed by atoms with Crippen LogP contribution in [0, 0.1) is 5.41 Å². The maximum absolute atomic E-state index is 4.53. The Bertz CT molecular complexity index is 1110. The van der Waals surface area contributed by atoms with Crippen LogP contribution in [0.4, 0.5) is 0 Å². The summed E-state index contributed by atoms with van der Waals surface area (Å²) in [4.78, 5) is 6.95. The second kappa shape index (κ2) is 7.63. The maximum atomic E-state index is 4.53. The van der Waals surface area contributed by atoms with Gasteiger partial charge < -0.3 is 10.2 Å². The Hall–Kier alpha value is -3.08. The second-order valence-electron chi connectivity index (χ2n) is 9.24. The van der Waals surface area contributed by atoms with Gasteiger partial charge in [-0.3, -0.25) is 9.67 Å². The average molecular weight is 402 g/mol. The summed E-state index contributed by atoms with van der Waals surface area (Å²) in [7, 11) is 1.93. The van der Waals surface area contributed by atoms with E-state index in [2.05, 4.69) is 72.4 Å². The summed E-state index contributed by atoms with van der Waals surface area (Å²) in [6, 6.07) is 8.86. The lowest BCUT2D eigenvalue weighted by molar-refractivity contribution is 0.311. The molecule has 3 aromatic rings. The van der Waals surface area contributed by atoms with E-state index in [0.717, 1.165) is 45.5 Å². The summed E-state index contributed by atoms with van der Waals surface area (Å²) in [5.41, 5.74) is 6.57. The molecule has 30 heavy (non-hydrogen) atoms. The number of nitrogens with zero attached hydrogens (tertiary/aromatic N) is 4. The molecule has 156 valence electrons. The maximum Gasteiger partial charge on any atom is 0.0709 e. The fourth-order valence-corrected chi connectivity index (χ4v) is 4.58. The minimum absolute atomic E-state index is 0.337. The third-order valence-electron chi connectivity index (χ3n) is 6.00. The molecule has 1 aromatic carbocycles. The van der Waals surface area contributed by atoms with E-state index in [1.807, 2.05) is 36.4 Å². The number of hydrogen-bond acceptors (Lipinski definition) is 4. The molecule has 0 radical (unpaired) electrons. The van der Waals surface area contributed by atoms with Gasteiger partial charge in [-0.05, 0) is 42.5 Å². The van der Waals surface area contributed by atoms with Crippen LogP contribution in [0.25, 0.3) is 27.7 Å². The third kappa shape index (κ3) is 3.97. The summed E-state index contributed by atoms with van der Waals surface area (Å²) in [5, 5.41) is 8.87. The SMILES string of the molecule is C=C(NCC(=C)N1CC(C)(C)CC1C)c1ccnc2ccc(-c3cnn(C)c3)cc12. The Balaban J connectivity index is 1.53. The van der Waals surface area contributed by atoms with Crippen molar-refractivity contribution in [2.24, 2.45) is 12.5 Å². The summed E-state index contributed by atoms with van der Waals surface area (Å²) in [5.74, 6) is 0. The van der Waals surface area contributed by atoms with Crippen LogP contribution in [0.1, 0.15) is 32.8 Å². The number of pyridine rings is 1. The van der Waals surface area contributed by atoms with Crippen molar-refractivity contribution in [3.8, 4) is 11.1 Å². The van der Waals surface area contributed by atoms with E-state index >= 15 is 0 Å². The molecule has 0 bridgehead atoms. The Kier molecular flexibility index (Phi) is 5.14. The largest absolute Gasteiger partial charge is 0.379 e. The Morgan fingerprint density at radius 3 is 2.70 bits per heavy atom. The minimum atomic E-state index is 0.337. The number of benzene rings is 1. The number of fused-ring (bicyclic) bond motifs is 1. The molecular weight excluding hydrogens is 370 g/mol. The standard InChI is InChI=1S/C25H31N5/c1-17-12-25(4,5)16-30(17)18(2)13-27-19(3)22-9-10-26-24-8-7-20(11-23(22)24)21-14-28-29(6)15-21/h7-11,14-15,17,27H,2-3,12-13,16H2,1,4-6H3. The Morgan fingerprint density at radius 2 is 2.03 bits per heavy atom. The van der Waals surface area contributed by atoms with Crippen LogP contribution in [0.3, 0.4) is 0 Å². The second-order valence-corrected chi connectivity index (χ2v) is 9.24. The molecule has 0 spiro atoms. The highest BCUT2D eigenvalue weighted by molar-refractivity contribution is 5.93. The van der Waals surface area contributed by atoms with Crippen molar-refractivity contribution in [1.82, 2.24) is 25.0 Å². The van der Waals surface area contributed by atoms with Crippen LogP contribution in [0.15, 0.2) is 61.7 Å². The first-order chi connectivity index (χ1) is 14.2. The fourth-order valence-electron chi connectivity index (χ4n) is 4.58. The quantitative estimate of drug-likeness (QED) is 0.643. The van der Waals surface area contributed by atoms with Crippen molar-refractivity contribution in [1.29, 1.82) is 0 Å². The van der Waals surface area contributed by atoms with Crippen molar-refractivity contribution < 1.29 is 0 Å². The molecule has 2 aromatic heterocycles. The number of nitrogens with one attached hydrogen (secondary N) is 1. The highest BCUT2D eigenvalue weighted by atomic mass is 15.2. The molecule has 0 aliphatic carbocycles. The minimum Gasteiger partial charge on any atom is -0.379 e. The number of hydrogen-bond donors (Lipinski definition) is 1. The van der Waals surface area contributed by atoms with E-state index in [1.165, 1.54) is 6.42 Å². The van der Waals surface area contributed by atoms with Crippen LogP contribution in [0.5, 0.6) is 0 Å². The van der Waals surface area contributed by atoms with E-state index < -0.39 is 0 Å². The van der Waals surface area contributed by atoms with Gasteiger partial charge in [0.05, 0.1) is 18.3 Å². The topological polar surface area (TPSA) is 46.0 Å². The lowest BCUT2D eigenvalue weighted by Gasteiger charge is -2.27. The van der Waals surface area contributed by atoms with Gasteiger partial charge in [0.2, 0.25) is 0 Å². The van der Waals surface area contributed by atoms with E-state index in [0.29, 0.717) is 18.0 Å². The normalized spacial score (nSPS) is 18.0. The number of aryl methyl sites for hydroxylation is 1. The van der Waals surface area contributed by atoms with Crippen molar-refractivity contribution in [2.75, 3.05) is 13.1 Å². The predicted molar refractivity (Wildman–Crippen MR) is 125 cm³/mol. The van der Waals surface area contributed by atoms with E-state index in [1.54, 1.807) is 0 Å². The van der Waals surface area contributed by atoms with E-state index in [-0.39, 0.29) is 0 Å². The zero-order chi connectivity index (χ0) is 21.5. The van der Waals surface area contributed by atoms with Gasteiger partial charge in [0.15, 0.2) is 0 Å². The van der Waals surface area contributed by atoms with Crippen LogP contribution in [-0.2, 0) is 7.05 Å². The molecule has 1 unspecified atom stereocenters. The molecular formula is C25H31N5. The lowest BCUT2D eigenvalue weighted by Crippen LogP contribution is -2.32. The Labute approximate surface area is 179 Å². The van der Waals surface area contributed by atoms with Crippen LogP contribution in [0.2, 0.25) is 0 Å². The van der Waals surface area contributed by atoms with Gasteiger partial charge in [-0.2, -0.15) is 5.10 Å². The van der Waals surface area contributed by atoms with Gasteiger partial charge in [-0.1, -0.05) is 33.1 Å².